The lowest BCUT2D eigenvalue weighted by Gasteiger charge is -2.23. The first-order chi connectivity index (χ1) is 13.2. The number of carbonyl (C=O) groups excluding carboxylic acids is 3. The van der Waals surface area contributed by atoms with Crippen LogP contribution in [0.1, 0.15) is 42.6 Å². The number of benzene rings is 2. The van der Waals surface area contributed by atoms with E-state index in [9.17, 15) is 14.4 Å². The van der Waals surface area contributed by atoms with Crippen LogP contribution in [-0.2, 0) is 19.1 Å². The Labute approximate surface area is 164 Å². The van der Waals surface area contributed by atoms with Gasteiger partial charge in [0.05, 0.1) is 14.2 Å². The lowest BCUT2D eigenvalue weighted by molar-refractivity contribution is -0.154. The summed E-state index contributed by atoms with van der Waals surface area (Å²) in [6.45, 7) is 5.54. The molecule has 0 aromatic heterocycles. The van der Waals surface area contributed by atoms with Crippen molar-refractivity contribution in [2.75, 3.05) is 14.2 Å². The van der Waals surface area contributed by atoms with E-state index < -0.39 is 23.4 Å². The van der Waals surface area contributed by atoms with Crippen molar-refractivity contribution in [3.05, 3.63) is 59.7 Å². The van der Waals surface area contributed by atoms with Gasteiger partial charge in [-0.15, -0.1) is 0 Å². The number of rotatable bonds is 5. The Bertz CT molecular complexity index is 852. The molecule has 0 heterocycles. The van der Waals surface area contributed by atoms with Crippen molar-refractivity contribution in [2.24, 2.45) is 0 Å². The van der Waals surface area contributed by atoms with Crippen molar-refractivity contribution in [2.45, 2.75) is 32.2 Å². The summed E-state index contributed by atoms with van der Waals surface area (Å²) in [6, 6.07) is 14.5. The van der Waals surface area contributed by atoms with Crippen molar-refractivity contribution in [3.63, 3.8) is 0 Å². The van der Waals surface area contributed by atoms with Crippen LogP contribution in [-0.4, -0.2) is 37.6 Å². The van der Waals surface area contributed by atoms with Crippen molar-refractivity contribution < 1.29 is 23.9 Å². The Kier molecular flexibility index (Phi) is 6.57. The van der Waals surface area contributed by atoms with Gasteiger partial charge in [-0.05, 0) is 49.6 Å². The molecule has 0 atom stereocenters. The zero-order chi connectivity index (χ0) is 20.9. The second-order valence-electron chi connectivity index (χ2n) is 7.35. The van der Waals surface area contributed by atoms with Gasteiger partial charge in [0, 0.05) is 11.1 Å². The average molecular weight is 383 g/mol. The SMILES string of the molecule is COC(=O)C(C(=O)OC)c1cc(-c2ccccc2)ccc1C(=O)NC(C)(C)C. The number of esters is 2. The number of hydrogen-bond donors (Lipinski definition) is 1. The Balaban J connectivity index is 2.66. The monoisotopic (exact) mass is 383 g/mol. The van der Waals surface area contributed by atoms with E-state index in [2.05, 4.69) is 5.32 Å². The van der Waals surface area contributed by atoms with Gasteiger partial charge in [-0.2, -0.15) is 0 Å². The molecule has 0 bridgehead atoms. The molecule has 0 saturated carbocycles. The van der Waals surface area contributed by atoms with Crippen LogP contribution in [0.5, 0.6) is 0 Å². The van der Waals surface area contributed by atoms with Crippen LogP contribution in [0.25, 0.3) is 11.1 Å². The molecule has 148 valence electrons. The molecule has 0 saturated heterocycles. The molecule has 1 amide bonds. The number of carbonyl (C=O) groups is 3. The number of amides is 1. The van der Waals surface area contributed by atoms with Crippen LogP contribution >= 0.6 is 0 Å². The molecule has 1 N–H and O–H groups in total. The van der Waals surface area contributed by atoms with Crippen LogP contribution in [0, 0.1) is 0 Å². The van der Waals surface area contributed by atoms with E-state index in [-0.39, 0.29) is 17.0 Å². The minimum Gasteiger partial charge on any atom is -0.468 e. The van der Waals surface area contributed by atoms with Gasteiger partial charge in [0.15, 0.2) is 5.92 Å². The van der Waals surface area contributed by atoms with Crippen molar-refractivity contribution in [3.8, 4) is 11.1 Å². The molecule has 6 heteroatoms. The molecule has 6 nitrogen and oxygen atoms in total. The maximum Gasteiger partial charge on any atom is 0.324 e. The third-order valence-corrected chi connectivity index (χ3v) is 4.08. The second kappa shape index (κ2) is 8.69. The van der Waals surface area contributed by atoms with Gasteiger partial charge in [-0.1, -0.05) is 36.4 Å². The quantitative estimate of drug-likeness (QED) is 0.633. The molecular formula is C22H25NO5. The van der Waals surface area contributed by atoms with Gasteiger partial charge >= 0.3 is 11.9 Å². The Morgan fingerprint density at radius 1 is 0.857 bits per heavy atom. The predicted octanol–water partition coefficient (Wildman–Crippen LogP) is 3.31. The van der Waals surface area contributed by atoms with Crippen LogP contribution in [0.15, 0.2) is 48.5 Å². The molecule has 0 aliphatic carbocycles. The first-order valence-electron chi connectivity index (χ1n) is 8.85. The molecule has 2 rings (SSSR count). The number of hydrogen-bond acceptors (Lipinski definition) is 5. The highest BCUT2D eigenvalue weighted by molar-refractivity contribution is 6.06. The summed E-state index contributed by atoms with van der Waals surface area (Å²) in [6.07, 6.45) is 0. The normalized spacial score (nSPS) is 11.1. The minimum absolute atomic E-state index is 0.218. The molecular weight excluding hydrogens is 358 g/mol. The Morgan fingerprint density at radius 2 is 1.43 bits per heavy atom. The van der Waals surface area contributed by atoms with E-state index in [1.165, 1.54) is 14.2 Å². The van der Waals surface area contributed by atoms with Crippen molar-refractivity contribution in [1.82, 2.24) is 5.32 Å². The summed E-state index contributed by atoms with van der Waals surface area (Å²) < 4.78 is 9.60. The van der Waals surface area contributed by atoms with Gasteiger partial charge in [0.1, 0.15) is 0 Å². The third-order valence-electron chi connectivity index (χ3n) is 4.08. The van der Waals surface area contributed by atoms with Gasteiger partial charge in [0.25, 0.3) is 5.91 Å². The fourth-order valence-corrected chi connectivity index (χ4v) is 2.81. The molecule has 0 spiro atoms. The molecule has 0 fully saturated rings. The van der Waals surface area contributed by atoms with Crippen LogP contribution < -0.4 is 5.32 Å². The van der Waals surface area contributed by atoms with E-state index in [0.29, 0.717) is 0 Å². The molecule has 2 aromatic carbocycles. The fourth-order valence-electron chi connectivity index (χ4n) is 2.81. The fraction of sp³-hybridized carbons (Fsp3) is 0.318. The Hall–Kier alpha value is -3.15. The van der Waals surface area contributed by atoms with Gasteiger partial charge in [0.2, 0.25) is 0 Å². The summed E-state index contributed by atoms with van der Waals surface area (Å²) in [5.41, 5.74) is 1.62. The van der Waals surface area contributed by atoms with Gasteiger partial charge in [-0.3, -0.25) is 14.4 Å². The first-order valence-corrected chi connectivity index (χ1v) is 8.85. The highest BCUT2D eigenvalue weighted by atomic mass is 16.5. The molecule has 28 heavy (non-hydrogen) atoms. The van der Waals surface area contributed by atoms with E-state index in [1.807, 2.05) is 51.1 Å². The lowest BCUT2D eigenvalue weighted by Crippen LogP contribution is -2.41. The van der Waals surface area contributed by atoms with Gasteiger partial charge < -0.3 is 14.8 Å². The van der Waals surface area contributed by atoms with E-state index in [1.54, 1.807) is 18.2 Å². The number of nitrogens with one attached hydrogen (secondary N) is 1. The summed E-state index contributed by atoms with van der Waals surface area (Å²) >= 11 is 0. The number of ether oxygens (including phenoxy) is 2. The zero-order valence-corrected chi connectivity index (χ0v) is 16.7. The molecule has 2 aromatic rings. The average Bonchev–Trinajstić information content (AvgIpc) is 2.67. The highest BCUT2D eigenvalue weighted by Gasteiger charge is 2.34. The standard InChI is InChI=1S/C22H25NO5/c1-22(2,3)23-19(24)16-12-11-15(14-9-7-6-8-10-14)13-17(16)18(20(25)27-4)21(26)28-5/h6-13,18H,1-5H3,(H,23,24). The maximum atomic E-state index is 12.8. The summed E-state index contributed by atoms with van der Waals surface area (Å²) in [5, 5.41) is 2.86. The minimum atomic E-state index is -1.36. The maximum absolute atomic E-state index is 12.8. The largest absolute Gasteiger partial charge is 0.468 e. The van der Waals surface area contributed by atoms with Crippen molar-refractivity contribution >= 4 is 17.8 Å². The van der Waals surface area contributed by atoms with Crippen LogP contribution in [0.2, 0.25) is 0 Å². The summed E-state index contributed by atoms with van der Waals surface area (Å²) in [7, 11) is 2.38. The summed E-state index contributed by atoms with van der Waals surface area (Å²) in [5.74, 6) is -3.33. The smallest absolute Gasteiger partial charge is 0.324 e. The van der Waals surface area contributed by atoms with E-state index in [0.717, 1.165) is 11.1 Å². The highest BCUT2D eigenvalue weighted by Crippen LogP contribution is 2.29. The molecule has 0 aliphatic heterocycles. The predicted molar refractivity (Wildman–Crippen MR) is 106 cm³/mol. The van der Waals surface area contributed by atoms with Crippen LogP contribution in [0.3, 0.4) is 0 Å². The third kappa shape index (κ3) is 4.97. The first kappa shape index (κ1) is 21.2. The zero-order valence-electron chi connectivity index (χ0n) is 16.7. The van der Waals surface area contributed by atoms with Gasteiger partial charge in [-0.25, -0.2) is 0 Å². The lowest BCUT2D eigenvalue weighted by atomic mass is 9.89. The van der Waals surface area contributed by atoms with E-state index >= 15 is 0 Å². The van der Waals surface area contributed by atoms with E-state index in [4.69, 9.17) is 9.47 Å². The van der Waals surface area contributed by atoms with Crippen molar-refractivity contribution in [1.29, 1.82) is 0 Å². The molecule has 0 radical (unpaired) electrons. The molecule has 0 aliphatic rings. The Morgan fingerprint density at radius 3 is 1.93 bits per heavy atom. The topological polar surface area (TPSA) is 81.7 Å². The van der Waals surface area contributed by atoms with Crippen LogP contribution in [0.4, 0.5) is 0 Å². The second-order valence-corrected chi connectivity index (χ2v) is 7.35. The molecule has 0 unspecified atom stereocenters. The number of methoxy groups -OCH3 is 2. The summed E-state index contributed by atoms with van der Waals surface area (Å²) in [4.78, 5) is 37.6.